The van der Waals surface area contributed by atoms with Gasteiger partial charge in [-0.1, -0.05) is 50.2 Å². The zero-order valence-electron chi connectivity index (χ0n) is 21.3. The van der Waals surface area contributed by atoms with Crippen LogP contribution in [0.2, 0.25) is 0 Å². The standard InChI is InChI=1S/C32H34O4/c1-4-20(2)31(33)36-30-13-11-22(12-14-30)32(34)35-21(3)23-9-10-26-18-28-16-24-7-5-6-8-25(24)17-29(28)19-27(26)15-23/h5-10,15-22,30H,4,11-14H2,1-3H3. The highest BCUT2D eigenvalue weighted by molar-refractivity contribution is 6.04. The molecule has 0 aromatic heterocycles. The monoisotopic (exact) mass is 482 g/mol. The molecule has 4 heteroatoms. The van der Waals surface area contributed by atoms with Crippen LogP contribution in [0.5, 0.6) is 0 Å². The number of fused-ring (bicyclic) bond motifs is 3. The fourth-order valence-electron chi connectivity index (χ4n) is 5.17. The van der Waals surface area contributed by atoms with Gasteiger partial charge in [0.05, 0.1) is 11.8 Å². The molecule has 5 rings (SSSR count). The molecule has 0 bridgehead atoms. The third kappa shape index (κ3) is 5.09. The van der Waals surface area contributed by atoms with E-state index in [2.05, 4.69) is 66.7 Å². The molecule has 0 radical (unpaired) electrons. The van der Waals surface area contributed by atoms with Gasteiger partial charge < -0.3 is 9.47 Å². The van der Waals surface area contributed by atoms with Crippen LogP contribution >= 0.6 is 0 Å². The largest absolute Gasteiger partial charge is 0.462 e. The molecule has 36 heavy (non-hydrogen) atoms. The first kappa shape index (κ1) is 24.3. The van der Waals surface area contributed by atoms with Crippen LogP contribution in [0.3, 0.4) is 0 Å². The van der Waals surface area contributed by atoms with Crippen molar-refractivity contribution >= 4 is 44.3 Å². The normalized spacial score (nSPS) is 19.8. The fraction of sp³-hybridized carbons (Fsp3) is 0.375. The molecular weight excluding hydrogens is 448 g/mol. The fourth-order valence-corrected chi connectivity index (χ4v) is 5.17. The van der Waals surface area contributed by atoms with Gasteiger partial charge in [0.1, 0.15) is 12.2 Å². The van der Waals surface area contributed by atoms with Crippen molar-refractivity contribution in [3.05, 3.63) is 72.3 Å². The highest BCUT2D eigenvalue weighted by atomic mass is 16.5. The molecule has 0 spiro atoms. The van der Waals surface area contributed by atoms with Crippen LogP contribution in [0, 0.1) is 11.8 Å². The zero-order valence-corrected chi connectivity index (χ0v) is 21.3. The van der Waals surface area contributed by atoms with E-state index in [-0.39, 0.29) is 36.0 Å². The van der Waals surface area contributed by atoms with Gasteiger partial charge in [0.2, 0.25) is 0 Å². The molecular formula is C32H34O4. The molecule has 0 amide bonds. The molecule has 1 aliphatic rings. The van der Waals surface area contributed by atoms with E-state index >= 15 is 0 Å². The summed E-state index contributed by atoms with van der Waals surface area (Å²) in [6, 6.07) is 23.6. The van der Waals surface area contributed by atoms with Crippen LogP contribution in [0.15, 0.2) is 66.7 Å². The Balaban J connectivity index is 1.25. The minimum absolute atomic E-state index is 0.0761. The SMILES string of the molecule is CCC(C)C(=O)OC1CCC(C(=O)OC(C)c2ccc3cc4cc5ccccc5cc4cc3c2)CC1. The number of esters is 2. The maximum absolute atomic E-state index is 12.9. The Morgan fingerprint density at radius 2 is 1.33 bits per heavy atom. The number of rotatable bonds is 6. The van der Waals surface area contributed by atoms with E-state index in [1.165, 1.54) is 26.9 Å². The first-order chi connectivity index (χ1) is 17.4. The van der Waals surface area contributed by atoms with Crippen molar-refractivity contribution in [1.29, 1.82) is 0 Å². The van der Waals surface area contributed by atoms with Crippen molar-refractivity contribution in [3.8, 4) is 0 Å². The van der Waals surface area contributed by atoms with Crippen molar-refractivity contribution in [2.45, 2.75) is 65.1 Å². The highest BCUT2D eigenvalue weighted by Gasteiger charge is 2.31. The number of ether oxygens (including phenoxy) is 2. The third-order valence-electron chi connectivity index (χ3n) is 7.75. The van der Waals surface area contributed by atoms with Gasteiger partial charge in [-0.15, -0.1) is 0 Å². The quantitative estimate of drug-likeness (QED) is 0.207. The van der Waals surface area contributed by atoms with Gasteiger partial charge in [-0.3, -0.25) is 9.59 Å². The first-order valence-corrected chi connectivity index (χ1v) is 13.2. The second kappa shape index (κ2) is 10.3. The molecule has 186 valence electrons. The molecule has 2 atom stereocenters. The van der Waals surface area contributed by atoms with Crippen LogP contribution in [0.1, 0.15) is 64.5 Å². The van der Waals surface area contributed by atoms with E-state index < -0.39 is 0 Å². The molecule has 1 aliphatic carbocycles. The molecule has 0 N–H and O–H groups in total. The molecule has 1 saturated carbocycles. The summed E-state index contributed by atoms with van der Waals surface area (Å²) in [4.78, 5) is 25.0. The second-order valence-electron chi connectivity index (χ2n) is 10.3. The lowest BCUT2D eigenvalue weighted by Crippen LogP contribution is -2.30. The van der Waals surface area contributed by atoms with Crippen molar-refractivity contribution in [2.24, 2.45) is 11.8 Å². The predicted octanol–water partition coefficient (Wildman–Crippen LogP) is 7.90. The maximum Gasteiger partial charge on any atom is 0.309 e. The van der Waals surface area contributed by atoms with E-state index in [0.29, 0.717) is 25.7 Å². The van der Waals surface area contributed by atoms with Gasteiger partial charge in [-0.2, -0.15) is 0 Å². The van der Waals surface area contributed by atoms with Gasteiger partial charge in [0.15, 0.2) is 0 Å². The Morgan fingerprint density at radius 1 is 0.778 bits per heavy atom. The minimum Gasteiger partial charge on any atom is -0.462 e. The zero-order chi connectivity index (χ0) is 25.2. The summed E-state index contributed by atoms with van der Waals surface area (Å²) in [5.74, 6) is -0.495. The topological polar surface area (TPSA) is 52.6 Å². The Morgan fingerprint density at radius 3 is 1.94 bits per heavy atom. The third-order valence-corrected chi connectivity index (χ3v) is 7.75. The maximum atomic E-state index is 12.9. The summed E-state index contributed by atoms with van der Waals surface area (Å²) in [7, 11) is 0. The summed E-state index contributed by atoms with van der Waals surface area (Å²) < 4.78 is 11.5. The lowest BCUT2D eigenvalue weighted by atomic mass is 9.87. The Bertz CT molecular complexity index is 1410. The van der Waals surface area contributed by atoms with E-state index in [9.17, 15) is 9.59 Å². The van der Waals surface area contributed by atoms with Crippen LogP contribution in [0.4, 0.5) is 0 Å². The summed E-state index contributed by atoms with van der Waals surface area (Å²) >= 11 is 0. The molecule has 2 unspecified atom stereocenters. The molecule has 4 nitrogen and oxygen atoms in total. The minimum atomic E-state index is -0.324. The van der Waals surface area contributed by atoms with Gasteiger partial charge in [0, 0.05) is 0 Å². The Hall–Kier alpha value is -3.40. The predicted molar refractivity (Wildman–Crippen MR) is 145 cm³/mol. The van der Waals surface area contributed by atoms with Gasteiger partial charge in [-0.25, -0.2) is 0 Å². The smallest absolute Gasteiger partial charge is 0.309 e. The lowest BCUT2D eigenvalue weighted by Gasteiger charge is -2.28. The number of carbonyl (C=O) groups is 2. The molecule has 1 fully saturated rings. The Labute approximate surface area is 212 Å². The van der Waals surface area contributed by atoms with Crippen molar-refractivity contribution in [1.82, 2.24) is 0 Å². The molecule has 4 aromatic rings. The van der Waals surface area contributed by atoms with Crippen LogP contribution in [-0.4, -0.2) is 18.0 Å². The summed E-state index contributed by atoms with van der Waals surface area (Å²) in [5.41, 5.74) is 0.993. The van der Waals surface area contributed by atoms with E-state index in [4.69, 9.17) is 9.47 Å². The van der Waals surface area contributed by atoms with Crippen molar-refractivity contribution in [3.63, 3.8) is 0 Å². The summed E-state index contributed by atoms with van der Waals surface area (Å²) in [6.45, 7) is 5.82. The summed E-state index contributed by atoms with van der Waals surface area (Å²) in [5, 5.41) is 7.20. The molecule has 0 saturated heterocycles. The molecule has 0 heterocycles. The van der Waals surface area contributed by atoms with Crippen LogP contribution in [-0.2, 0) is 19.1 Å². The van der Waals surface area contributed by atoms with Gasteiger partial charge >= 0.3 is 11.9 Å². The first-order valence-electron chi connectivity index (χ1n) is 13.2. The second-order valence-corrected chi connectivity index (χ2v) is 10.3. The number of benzene rings is 4. The molecule has 4 aromatic carbocycles. The number of hydrogen-bond acceptors (Lipinski definition) is 4. The average Bonchev–Trinajstić information content (AvgIpc) is 2.90. The summed E-state index contributed by atoms with van der Waals surface area (Å²) in [6.07, 6.45) is 3.20. The average molecular weight is 483 g/mol. The van der Waals surface area contributed by atoms with E-state index in [0.717, 1.165) is 17.4 Å². The molecule has 0 aliphatic heterocycles. The Kier molecular flexibility index (Phi) is 6.95. The highest BCUT2D eigenvalue weighted by Crippen LogP contribution is 2.32. The number of carbonyl (C=O) groups excluding carboxylic acids is 2. The number of hydrogen-bond donors (Lipinski definition) is 0. The van der Waals surface area contributed by atoms with Crippen molar-refractivity contribution < 1.29 is 19.1 Å². The van der Waals surface area contributed by atoms with Crippen LogP contribution < -0.4 is 0 Å². The van der Waals surface area contributed by atoms with E-state index in [1.54, 1.807) is 0 Å². The van der Waals surface area contributed by atoms with Gasteiger partial charge in [0.25, 0.3) is 0 Å². The lowest BCUT2D eigenvalue weighted by molar-refractivity contribution is -0.159. The van der Waals surface area contributed by atoms with Crippen LogP contribution in [0.25, 0.3) is 32.3 Å². The van der Waals surface area contributed by atoms with Crippen molar-refractivity contribution in [2.75, 3.05) is 0 Å². The van der Waals surface area contributed by atoms with Gasteiger partial charge in [-0.05, 0) is 107 Å². The van der Waals surface area contributed by atoms with E-state index in [1.807, 2.05) is 20.8 Å².